The number of aromatic amines is 1. The van der Waals surface area contributed by atoms with Crippen molar-refractivity contribution in [3.63, 3.8) is 0 Å². The first-order valence-electron chi connectivity index (χ1n) is 14.3. The Morgan fingerprint density at radius 3 is 2.49 bits per heavy atom. The van der Waals surface area contributed by atoms with E-state index in [1.807, 2.05) is 0 Å². The molecule has 0 spiro atoms. The van der Waals surface area contributed by atoms with Gasteiger partial charge in [-0.15, -0.1) is 0 Å². The fourth-order valence-electron chi connectivity index (χ4n) is 5.16. The molecule has 0 aliphatic carbocycles. The summed E-state index contributed by atoms with van der Waals surface area (Å²) < 4.78 is 15.4. The van der Waals surface area contributed by atoms with Gasteiger partial charge in [-0.2, -0.15) is 0 Å². The number of morpholine rings is 1. The number of rotatable bonds is 9. The normalized spacial score (nSPS) is 17.1. The number of ether oxygens (including phenoxy) is 2. The van der Waals surface area contributed by atoms with Gasteiger partial charge in [-0.3, -0.25) is 33.5 Å². The molecule has 2 aliphatic heterocycles. The van der Waals surface area contributed by atoms with Crippen LogP contribution in [0.15, 0.2) is 57.8 Å². The second-order valence-corrected chi connectivity index (χ2v) is 10.6. The van der Waals surface area contributed by atoms with Gasteiger partial charge in [0, 0.05) is 56.1 Å². The SMILES string of the molecule is CC(=O)O[C@@H](C(=O)Nc1ccc(-c2noc(=O)[nH]2)cc1)[C@H]1OCCN(c2cccc(C(=O)N(C)CC(=O)N3CCCC3)c2)C1=O. The summed E-state index contributed by atoms with van der Waals surface area (Å²) in [4.78, 5) is 82.7. The van der Waals surface area contributed by atoms with Crippen molar-refractivity contribution in [3.8, 4) is 11.4 Å². The second kappa shape index (κ2) is 13.5. The van der Waals surface area contributed by atoms with Gasteiger partial charge in [0.25, 0.3) is 17.7 Å². The fraction of sp³-hybridized carbons (Fsp3) is 0.367. The van der Waals surface area contributed by atoms with Gasteiger partial charge in [0.05, 0.1) is 13.2 Å². The maximum absolute atomic E-state index is 13.7. The largest absolute Gasteiger partial charge is 0.449 e. The summed E-state index contributed by atoms with van der Waals surface area (Å²) in [6.45, 7) is 2.55. The van der Waals surface area contributed by atoms with E-state index >= 15 is 0 Å². The molecule has 15 nitrogen and oxygen atoms in total. The van der Waals surface area contributed by atoms with Gasteiger partial charge >= 0.3 is 11.7 Å². The molecule has 1 aromatic heterocycles. The average Bonchev–Trinajstić information content (AvgIpc) is 3.73. The number of anilines is 2. The third-order valence-electron chi connectivity index (χ3n) is 7.40. The van der Waals surface area contributed by atoms with E-state index in [1.165, 1.54) is 28.0 Å². The molecular weight excluding hydrogens is 588 g/mol. The molecule has 45 heavy (non-hydrogen) atoms. The van der Waals surface area contributed by atoms with Crippen molar-refractivity contribution in [1.82, 2.24) is 19.9 Å². The van der Waals surface area contributed by atoms with E-state index in [1.54, 1.807) is 42.3 Å². The minimum Gasteiger partial charge on any atom is -0.449 e. The van der Waals surface area contributed by atoms with Crippen LogP contribution in [0.1, 0.15) is 30.1 Å². The maximum atomic E-state index is 13.7. The molecule has 2 atom stereocenters. The number of benzene rings is 2. The fourth-order valence-corrected chi connectivity index (χ4v) is 5.16. The lowest BCUT2D eigenvalue weighted by atomic mass is 10.1. The minimum absolute atomic E-state index is 0.0223. The van der Waals surface area contributed by atoms with Crippen molar-refractivity contribution in [2.24, 2.45) is 0 Å². The zero-order valence-electron chi connectivity index (χ0n) is 24.7. The summed E-state index contributed by atoms with van der Waals surface area (Å²) in [7, 11) is 1.55. The third-order valence-corrected chi connectivity index (χ3v) is 7.40. The zero-order valence-corrected chi connectivity index (χ0v) is 24.7. The van der Waals surface area contributed by atoms with Crippen molar-refractivity contribution in [1.29, 1.82) is 0 Å². The van der Waals surface area contributed by atoms with E-state index in [0.717, 1.165) is 19.8 Å². The van der Waals surface area contributed by atoms with E-state index in [9.17, 15) is 28.8 Å². The average molecular weight is 621 g/mol. The standard InChI is InChI=1S/C30H32N6O9/c1-18(37)44-24(27(39)31-21-10-8-19(9-11-21)26-32-30(42)45-33-26)25-29(41)36(14-15-43-25)22-7-5-6-20(16-22)28(40)34(2)17-23(38)35-12-3-4-13-35/h5-11,16,24-25H,3-4,12-15,17H2,1-2H3,(H,31,39)(H,32,33,42)/t24-,25-/m1/s1. The summed E-state index contributed by atoms with van der Waals surface area (Å²) >= 11 is 0. The van der Waals surface area contributed by atoms with Gasteiger partial charge < -0.3 is 29.5 Å². The third kappa shape index (κ3) is 7.26. The van der Waals surface area contributed by atoms with E-state index in [-0.39, 0.29) is 42.9 Å². The molecule has 0 radical (unpaired) electrons. The lowest BCUT2D eigenvalue weighted by molar-refractivity contribution is -0.167. The van der Waals surface area contributed by atoms with Crippen LogP contribution in [-0.2, 0) is 28.7 Å². The first-order chi connectivity index (χ1) is 21.6. The molecule has 5 rings (SSSR count). The van der Waals surface area contributed by atoms with Crippen LogP contribution in [0.5, 0.6) is 0 Å². The predicted molar refractivity (Wildman–Crippen MR) is 158 cm³/mol. The summed E-state index contributed by atoms with van der Waals surface area (Å²) in [5, 5.41) is 6.22. The Morgan fingerprint density at radius 2 is 1.82 bits per heavy atom. The molecule has 4 amide bonds. The number of amides is 4. The molecule has 2 fully saturated rings. The summed E-state index contributed by atoms with van der Waals surface area (Å²) in [5.41, 5.74) is 1.47. The Bertz CT molecular complexity index is 1640. The quantitative estimate of drug-likeness (QED) is 0.328. The molecule has 2 aromatic carbocycles. The minimum atomic E-state index is -1.63. The first-order valence-corrected chi connectivity index (χ1v) is 14.3. The summed E-state index contributed by atoms with van der Waals surface area (Å²) in [5.74, 6) is -3.27. The Kier molecular flexibility index (Phi) is 9.37. The first kappa shape index (κ1) is 31.1. The van der Waals surface area contributed by atoms with Crippen LogP contribution < -0.4 is 16.0 Å². The molecule has 236 valence electrons. The van der Waals surface area contributed by atoms with Gasteiger partial charge in [0.15, 0.2) is 11.9 Å². The van der Waals surface area contributed by atoms with Crippen LogP contribution in [0.25, 0.3) is 11.4 Å². The zero-order chi connectivity index (χ0) is 32.1. The van der Waals surface area contributed by atoms with Crippen LogP contribution in [0.2, 0.25) is 0 Å². The highest BCUT2D eigenvalue weighted by Crippen LogP contribution is 2.24. The number of aromatic nitrogens is 2. The van der Waals surface area contributed by atoms with Crippen LogP contribution in [0.3, 0.4) is 0 Å². The summed E-state index contributed by atoms with van der Waals surface area (Å²) in [6, 6.07) is 12.6. The van der Waals surface area contributed by atoms with Gasteiger partial charge in [-0.1, -0.05) is 11.2 Å². The number of likely N-dealkylation sites (N-methyl/N-ethyl adjacent to an activating group) is 1. The molecular formula is C30H32N6O9. The number of esters is 1. The molecule has 0 saturated carbocycles. The topological polar surface area (TPSA) is 184 Å². The van der Waals surface area contributed by atoms with Crippen molar-refractivity contribution in [3.05, 3.63) is 64.6 Å². The molecule has 0 unspecified atom stereocenters. The van der Waals surface area contributed by atoms with Gasteiger partial charge in [-0.05, 0) is 55.3 Å². The molecule has 15 heteroatoms. The highest BCUT2D eigenvalue weighted by atomic mass is 16.6. The van der Waals surface area contributed by atoms with Crippen LogP contribution >= 0.6 is 0 Å². The lowest BCUT2D eigenvalue weighted by Gasteiger charge is -2.35. The number of nitrogens with zero attached hydrogens (tertiary/aromatic N) is 4. The smallest absolute Gasteiger partial charge is 0.439 e. The predicted octanol–water partition coefficient (Wildman–Crippen LogP) is 1.03. The molecule has 0 bridgehead atoms. The molecule has 3 heterocycles. The number of carbonyl (C=O) groups excluding carboxylic acids is 5. The summed E-state index contributed by atoms with van der Waals surface area (Å²) in [6.07, 6.45) is -1.21. The maximum Gasteiger partial charge on any atom is 0.439 e. The van der Waals surface area contributed by atoms with E-state index in [0.29, 0.717) is 30.0 Å². The van der Waals surface area contributed by atoms with Gasteiger partial charge in [0.1, 0.15) is 0 Å². The van der Waals surface area contributed by atoms with Gasteiger partial charge in [-0.25, -0.2) is 4.79 Å². The van der Waals surface area contributed by atoms with Crippen LogP contribution in [-0.4, -0.2) is 102 Å². The Hall–Kier alpha value is -5.31. The van der Waals surface area contributed by atoms with Crippen molar-refractivity contribution >= 4 is 41.0 Å². The number of carbonyl (C=O) groups is 5. The second-order valence-electron chi connectivity index (χ2n) is 10.6. The molecule has 3 aromatic rings. The van der Waals surface area contributed by atoms with Crippen molar-refractivity contribution in [2.45, 2.75) is 32.0 Å². The van der Waals surface area contributed by atoms with Crippen LogP contribution in [0.4, 0.5) is 11.4 Å². The highest BCUT2D eigenvalue weighted by Gasteiger charge is 2.42. The lowest BCUT2D eigenvalue weighted by Crippen LogP contribution is -2.56. The van der Waals surface area contributed by atoms with E-state index in [4.69, 9.17) is 9.47 Å². The molecule has 2 N–H and O–H groups in total. The number of H-pyrrole nitrogens is 1. The van der Waals surface area contributed by atoms with E-state index in [2.05, 4.69) is 20.0 Å². The Morgan fingerprint density at radius 1 is 1.09 bits per heavy atom. The number of nitrogens with one attached hydrogen (secondary N) is 2. The Balaban J connectivity index is 1.28. The molecule has 2 aliphatic rings. The Labute approximate surface area is 257 Å². The highest BCUT2D eigenvalue weighted by molar-refractivity contribution is 6.05. The van der Waals surface area contributed by atoms with Crippen molar-refractivity contribution in [2.75, 3.05) is 50.1 Å². The number of likely N-dealkylation sites (tertiary alicyclic amines) is 1. The van der Waals surface area contributed by atoms with Crippen molar-refractivity contribution < 1.29 is 38.0 Å². The number of hydrogen-bond acceptors (Lipinski definition) is 10. The monoisotopic (exact) mass is 620 g/mol. The van der Waals surface area contributed by atoms with Gasteiger partial charge in [0.2, 0.25) is 12.0 Å². The number of hydrogen-bond donors (Lipinski definition) is 2. The van der Waals surface area contributed by atoms with E-state index < -0.39 is 35.7 Å². The molecule has 2 saturated heterocycles. The van der Waals surface area contributed by atoms with Crippen LogP contribution in [0, 0.1) is 0 Å².